The van der Waals surface area contributed by atoms with Gasteiger partial charge in [-0.25, -0.2) is 0 Å². The van der Waals surface area contributed by atoms with E-state index in [-0.39, 0.29) is 11.5 Å². The number of hydrogen-bond donors (Lipinski definition) is 1. The fourth-order valence-electron chi connectivity index (χ4n) is 0.917. The molecular weight excluding hydrogens is 132 g/mol. The third kappa shape index (κ3) is 0.875. The highest BCUT2D eigenvalue weighted by Crippen LogP contribution is 2.20. The van der Waals surface area contributed by atoms with E-state index in [1.165, 1.54) is 0 Å². The molecule has 1 N–H and O–H groups in total. The Kier molecular flexibility index (Phi) is 1.66. The molecule has 0 aliphatic carbocycles. The van der Waals surface area contributed by atoms with E-state index in [0.29, 0.717) is 12.2 Å². The van der Waals surface area contributed by atoms with Gasteiger partial charge in [0.25, 0.3) is 0 Å². The molecule has 1 atom stereocenters. The van der Waals surface area contributed by atoms with Crippen molar-refractivity contribution in [3.8, 4) is 0 Å². The number of aliphatic hydroxyl groups excluding tert-OH is 1. The molecule has 1 aliphatic heterocycles. The number of aliphatic hydroxyl groups is 1. The predicted octanol–water partition coefficient (Wildman–Crippen LogP) is 1.15. The van der Waals surface area contributed by atoms with Gasteiger partial charge in [-0.2, -0.15) is 0 Å². The summed E-state index contributed by atoms with van der Waals surface area (Å²) in [6.07, 6.45) is 0.167. The highest BCUT2D eigenvalue weighted by molar-refractivity contribution is 5.98. The van der Waals surface area contributed by atoms with E-state index in [4.69, 9.17) is 9.84 Å². The molecule has 1 heterocycles. The molecule has 0 amide bonds. The minimum atomic E-state index is -0.444. The molecule has 1 rings (SSSR count). The number of carbonyl (C=O) groups is 1. The fraction of sp³-hybridized carbons (Fsp3) is 0.571. The van der Waals surface area contributed by atoms with Crippen LogP contribution in [-0.4, -0.2) is 17.0 Å². The third-order valence-corrected chi connectivity index (χ3v) is 1.55. The van der Waals surface area contributed by atoms with Crippen LogP contribution in [0.3, 0.4) is 0 Å². The number of carbonyl (C=O) groups excluding carboxylic acids is 1. The Morgan fingerprint density at radius 3 is 2.50 bits per heavy atom. The topological polar surface area (TPSA) is 46.5 Å². The van der Waals surface area contributed by atoms with E-state index in [0.717, 1.165) is 0 Å². The van der Waals surface area contributed by atoms with Crippen molar-refractivity contribution in [2.45, 2.75) is 26.4 Å². The SMILES string of the molecule is CC[C@@H]1OC(C)=C(O)C1=O. The molecule has 3 nitrogen and oxygen atoms in total. The number of ether oxygens (including phenoxy) is 1. The van der Waals surface area contributed by atoms with E-state index in [1.54, 1.807) is 6.92 Å². The lowest BCUT2D eigenvalue weighted by Crippen LogP contribution is -2.16. The van der Waals surface area contributed by atoms with Crippen LogP contribution in [0.5, 0.6) is 0 Å². The minimum Gasteiger partial charge on any atom is -0.502 e. The second-order valence-corrected chi connectivity index (χ2v) is 2.28. The number of allylic oxidation sites excluding steroid dienone is 1. The first-order chi connectivity index (χ1) is 4.66. The first-order valence-corrected chi connectivity index (χ1v) is 3.27. The van der Waals surface area contributed by atoms with Gasteiger partial charge in [0.05, 0.1) is 0 Å². The molecule has 0 spiro atoms. The Morgan fingerprint density at radius 2 is 2.30 bits per heavy atom. The van der Waals surface area contributed by atoms with Gasteiger partial charge in [0, 0.05) is 0 Å². The van der Waals surface area contributed by atoms with Crippen LogP contribution in [0, 0.1) is 0 Å². The van der Waals surface area contributed by atoms with Crippen LogP contribution in [0.15, 0.2) is 11.5 Å². The van der Waals surface area contributed by atoms with Crippen molar-refractivity contribution in [1.29, 1.82) is 0 Å². The fourth-order valence-corrected chi connectivity index (χ4v) is 0.917. The summed E-state index contributed by atoms with van der Waals surface area (Å²) >= 11 is 0. The molecule has 0 bridgehead atoms. The van der Waals surface area contributed by atoms with Crippen molar-refractivity contribution < 1.29 is 14.6 Å². The standard InChI is InChI=1S/C7H10O3/c1-3-5-7(9)6(8)4(2)10-5/h5,8H,3H2,1-2H3/t5-/m0/s1. The first kappa shape index (κ1) is 7.12. The first-order valence-electron chi connectivity index (χ1n) is 3.27. The summed E-state index contributed by atoms with van der Waals surface area (Å²) in [4.78, 5) is 10.9. The normalized spacial score (nSPS) is 25.4. The van der Waals surface area contributed by atoms with Gasteiger partial charge in [0.1, 0.15) is 5.76 Å². The molecule has 10 heavy (non-hydrogen) atoms. The van der Waals surface area contributed by atoms with E-state index < -0.39 is 6.10 Å². The summed E-state index contributed by atoms with van der Waals surface area (Å²) in [6, 6.07) is 0. The zero-order valence-corrected chi connectivity index (χ0v) is 6.05. The Balaban J connectivity index is 2.77. The highest BCUT2D eigenvalue weighted by atomic mass is 16.5. The summed E-state index contributed by atoms with van der Waals surface area (Å²) in [6.45, 7) is 3.43. The second kappa shape index (κ2) is 2.33. The highest BCUT2D eigenvalue weighted by Gasteiger charge is 2.31. The molecule has 0 aromatic rings. The zero-order chi connectivity index (χ0) is 7.72. The van der Waals surface area contributed by atoms with E-state index in [2.05, 4.69) is 0 Å². The van der Waals surface area contributed by atoms with E-state index >= 15 is 0 Å². The van der Waals surface area contributed by atoms with Crippen LogP contribution in [0.2, 0.25) is 0 Å². The summed E-state index contributed by atoms with van der Waals surface area (Å²) in [5, 5.41) is 8.97. The minimum absolute atomic E-state index is 0.216. The van der Waals surface area contributed by atoms with Gasteiger partial charge in [0.15, 0.2) is 6.10 Å². The molecule has 0 unspecified atom stereocenters. The van der Waals surface area contributed by atoms with Gasteiger partial charge in [-0.15, -0.1) is 0 Å². The molecule has 56 valence electrons. The van der Waals surface area contributed by atoms with Gasteiger partial charge in [-0.3, -0.25) is 4.79 Å². The average molecular weight is 142 g/mol. The number of Topliss-reactive ketones (excluding diaryl/α,β-unsaturated/α-hetero) is 1. The summed E-state index contributed by atoms with van der Waals surface area (Å²) in [5.41, 5.74) is 0. The Labute approximate surface area is 59.3 Å². The maximum absolute atomic E-state index is 10.9. The van der Waals surface area contributed by atoms with Crippen molar-refractivity contribution in [1.82, 2.24) is 0 Å². The van der Waals surface area contributed by atoms with Crippen LogP contribution in [0.25, 0.3) is 0 Å². The van der Waals surface area contributed by atoms with Crippen molar-refractivity contribution >= 4 is 5.78 Å². The van der Waals surface area contributed by atoms with E-state index in [1.807, 2.05) is 6.92 Å². The molecule has 0 aromatic carbocycles. The molecule has 0 aromatic heterocycles. The largest absolute Gasteiger partial charge is 0.502 e. The van der Waals surface area contributed by atoms with Gasteiger partial charge in [0.2, 0.25) is 11.5 Å². The molecule has 0 saturated heterocycles. The predicted molar refractivity (Wildman–Crippen MR) is 35.5 cm³/mol. The van der Waals surface area contributed by atoms with Crippen molar-refractivity contribution in [3.05, 3.63) is 11.5 Å². The molecule has 1 aliphatic rings. The van der Waals surface area contributed by atoms with Crippen molar-refractivity contribution in [2.75, 3.05) is 0 Å². The average Bonchev–Trinajstić information content (AvgIpc) is 2.17. The van der Waals surface area contributed by atoms with Crippen LogP contribution >= 0.6 is 0 Å². The number of hydrogen-bond acceptors (Lipinski definition) is 3. The molecule has 3 heteroatoms. The smallest absolute Gasteiger partial charge is 0.240 e. The van der Waals surface area contributed by atoms with Gasteiger partial charge < -0.3 is 9.84 Å². The third-order valence-electron chi connectivity index (χ3n) is 1.55. The number of rotatable bonds is 1. The molecular formula is C7H10O3. The monoisotopic (exact) mass is 142 g/mol. The quantitative estimate of drug-likeness (QED) is 0.597. The molecule has 0 fully saturated rings. The van der Waals surface area contributed by atoms with Gasteiger partial charge in [-0.1, -0.05) is 6.92 Å². The lowest BCUT2D eigenvalue weighted by molar-refractivity contribution is -0.123. The van der Waals surface area contributed by atoms with Crippen LogP contribution in [-0.2, 0) is 9.53 Å². The Bertz CT molecular complexity index is 193. The lowest BCUT2D eigenvalue weighted by Gasteiger charge is -2.04. The summed E-state index contributed by atoms with van der Waals surface area (Å²) in [5.74, 6) is -0.163. The zero-order valence-electron chi connectivity index (χ0n) is 6.05. The van der Waals surface area contributed by atoms with Gasteiger partial charge in [-0.05, 0) is 13.3 Å². The van der Waals surface area contributed by atoms with Gasteiger partial charge >= 0.3 is 0 Å². The Morgan fingerprint density at radius 1 is 1.70 bits per heavy atom. The van der Waals surface area contributed by atoms with E-state index in [9.17, 15) is 4.79 Å². The maximum atomic E-state index is 10.9. The molecule has 0 saturated carbocycles. The van der Waals surface area contributed by atoms with Crippen LogP contribution in [0.1, 0.15) is 20.3 Å². The number of ketones is 1. The summed E-state index contributed by atoms with van der Waals surface area (Å²) in [7, 11) is 0. The summed E-state index contributed by atoms with van der Waals surface area (Å²) < 4.78 is 5.02. The van der Waals surface area contributed by atoms with Crippen LogP contribution in [0.4, 0.5) is 0 Å². The van der Waals surface area contributed by atoms with Crippen LogP contribution < -0.4 is 0 Å². The van der Waals surface area contributed by atoms with Crippen molar-refractivity contribution in [2.24, 2.45) is 0 Å². The Hall–Kier alpha value is -0.990. The van der Waals surface area contributed by atoms with Crippen molar-refractivity contribution in [3.63, 3.8) is 0 Å². The maximum Gasteiger partial charge on any atom is 0.240 e. The lowest BCUT2D eigenvalue weighted by atomic mass is 10.2. The molecule has 0 radical (unpaired) electrons. The second-order valence-electron chi connectivity index (χ2n) is 2.28.